The third-order valence-electron chi connectivity index (χ3n) is 3.56. The van der Waals surface area contributed by atoms with Gasteiger partial charge in [-0.2, -0.15) is 0 Å². The monoisotopic (exact) mass is 348 g/mol. The molecule has 0 aliphatic heterocycles. The lowest BCUT2D eigenvalue weighted by atomic mass is 10.3. The summed E-state index contributed by atoms with van der Waals surface area (Å²) in [6.07, 6.45) is 11.1. The van der Waals surface area contributed by atoms with Gasteiger partial charge < -0.3 is 17.7 Å². The summed E-state index contributed by atoms with van der Waals surface area (Å²) in [7, 11) is -2.97. The third kappa shape index (κ3) is 13.1. The second-order valence-corrected chi connectivity index (χ2v) is 8.17. The van der Waals surface area contributed by atoms with E-state index in [0.29, 0.717) is 26.4 Å². The molecule has 0 amide bonds. The normalized spacial score (nSPS) is 12.0. The lowest BCUT2D eigenvalue weighted by Crippen LogP contribution is -2.50. The molecule has 0 N–H and O–H groups in total. The zero-order valence-corrected chi connectivity index (χ0v) is 17.0. The molecule has 0 saturated carbocycles. The van der Waals surface area contributed by atoms with Crippen LogP contribution in [0.4, 0.5) is 0 Å². The highest BCUT2D eigenvalue weighted by molar-refractivity contribution is 6.53. The Morgan fingerprint density at radius 1 is 0.435 bits per heavy atom. The van der Waals surface area contributed by atoms with Crippen LogP contribution >= 0.6 is 0 Å². The Balaban J connectivity index is 4.51. The van der Waals surface area contributed by atoms with Crippen LogP contribution in [0.5, 0.6) is 0 Å². The second-order valence-electron chi connectivity index (χ2n) is 6.02. The van der Waals surface area contributed by atoms with Crippen LogP contribution in [0.2, 0.25) is 0 Å². The molecule has 0 atom stereocenters. The zero-order valence-electron chi connectivity index (χ0n) is 16.0. The average Bonchev–Trinajstić information content (AvgIpc) is 2.57. The van der Waals surface area contributed by atoms with Crippen LogP contribution in [0, 0.1) is 0 Å². The fourth-order valence-electron chi connectivity index (χ4n) is 2.12. The molecular formula is C18H40O4Si. The number of hydrogen-bond donors (Lipinski definition) is 0. The molecule has 23 heavy (non-hydrogen) atoms. The highest BCUT2D eigenvalue weighted by Gasteiger charge is 2.45. The van der Waals surface area contributed by atoms with Gasteiger partial charge in [0.15, 0.2) is 0 Å². The smallest absolute Gasteiger partial charge is 0.351 e. The second kappa shape index (κ2) is 16.9. The molecule has 5 heteroatoms. The molecule has 0 aromatic rings. The van der Waals surface area contributed by atoms with E-state index in [2.05, 4.69) is 27.7 Å². The van der Waals surface area contributed by atoms with Crippen molar-refractivity contribution in [2.24, 2.45) is 0 Å². The van der Waals surface area contributed by atoms with Crippen molar-refractivity contribution in [3.8, 4) is 0 Å². The topological polar surface area (TPSA) is 36.9 Å². The van der Waals surface area contributed by atoms with Crippen molar-refractivity contribution in [3.05, 3.63) is 0 Å². The lowest BCUT2D eigenvalue weighted by molar-refractivity contribution is -0.0367. The van der Waals surface area contributed by atoms with Gasteiger partial charge >= 0.3 is 9.05 Å². The minimum atomic E-state index is -2.97. The summed E-state index contributed by atoms with van der Waals surface area (Å²) in [5, 5.41) is 0. The molecule has 0 aliphatic rings. The van der Waals surface area contributed by atoms with Gasteiger partial charge in [0.05, 0.1) is 0 Å². The maximum atomic E-state index is 6.07. The first-order valence-corrected chi connectivity index (χ1v) is 11.4. The van der Waals surface area contributed by atoms with Gasteiger partial charge in [0.1, 0.15) is 0 Å². The van der Waals surface area contributed by atoms with E-state index in [1.165, 1.54) is 38.5 Å². The Labute approximate surface area is 145 Å². The maximum absolute atomic E-state index is 6.07. The van der Waals surface area contributed by atoms with Gasteiger partial charge in [-0.1, -0.05) is 66.2 Å². The van der Waals surface area contributed by atoms with Gasteiger partial charge in [0.25, 0.3) is 0 Å². The van der Waals surface area contributed by atoms with E-state index >= 15 is 0 Å². The Hall–Kier alpha value is 0.0569. The van der Waals surface area contributed by atoms with Crippen molar-refractivity contribution in [2.75, 3.05) is 26.4 Å². The lowest BCUT2D eigenvalue weighted by Gasteiger charge is -2.28. The van der Waals surface area contributed by atoms with Crippen molar-refractivity contribution in [1.82, 2.24) is 0 Å². The third-order valence-corrected chi connectivity index (χ3v) is 5.79. The van der Waals surface area contributed by atoms with E-state index in [0.717, 1.165) is 25.7 Å². The molecule has 0 aromatic carbocycles. The van der Waals surface area contributed by atoms with E-state index in [9.17, 15) is 0 Å². The van der Waals surface area contributed by atoms with E-state index in [4.69, 9.17) is 17.7 Å². The Kier molecular flexibility index (Phi) is 16.9. The molecule has 0 radical (unpaired) electrons. The van der Waals surface area contributed by atoms with Crippen molar-refractivity contribution < 1.29 is 17.7 Å². The van der Waals surface area contributed by atoms with Crippen LogP contribution in [0.15, 0.2) is 0 Å². The Bertz CT molecular complexity index is 208. The molecule has 0 heterocycles. The summed E-state index contributed by atoms with van der Waals surface area (Å²) in [6.45, 7) is 11.3. The maximum Gasteiger partial charge on any atom is 0.679 e. The fourth-order valence-corrected chi connectivity index (χ4v) is 4.26. The molecule has 0 aromatic heterocycles. The molecular weight excluding hydrogens is 308 g/mol. The number of unbranched alkanes of at least 4 members (excludes halogenated alkanes) is 6. The van der Waals surface area contributed by atoms with Crippen LogP contribution < -0.4 is 0 Å². The van der Waals surface area contributed by atoms with Crippen LogP contribution in [0.25, 0.3) is 0 Å². The van der Waals surface area contributed by atoms with Crippen molar-refractivity contribution in [2.45, 2.75) is 91.9 Å². The van der Waals surface area contributed by atoms with E-state index in [-0.39, 0.29) is 0 Å². The van der Waals surface area contributed by atoms with Gasteiger partial charge in [-0.15, -0.1) is 0 Å². The van der Waals surface area contributed by atoms with E-state index in [1.54, 1.807) is 0 Å². The first kappa shape index (κ1) is 23.1. The Morgan fingerprint density at radius 2 is 0.783 bits per heavy atom. The van der Waals surface area contributed by atoms with Gasteiger partial charge in [-0.25, -0.2) is 0 Å². The molecule has 4 nitrogen and oxygen atoms in total. The fraction of sp³-hybridized carbons (Fsp3) is 1.00. The SMILES string of the molecule is CCCCCO[Si](OCCC)(OCCCCC)OCCCCC. The summed E-state index contributed by atoms with van der Waals surface area (Å²) in [4.78, 5) is 0. The summed E-state index contributed by atoms with van der Waals surface area (Å²) < 4.78 is 24.2. The van der Waals surface area contributed by atoms with E-state index < -0.39 is 9.05 Å². The molecule has 0 saturated heterocycles. The first-order chi connectivity index (χ1) is 11.2. The summed E-state index contributed by atoms with van der Waals surface area (Å²) >= 11 is 0. The zero-order chi connectivity index (χ0) is 17.2. The molecule has 0 rings (SSSR count). The summed E-state index contributed by atoms with van der Waals surface area (Å²) in [5.41, 5.74) is 0. The highest BCUT2D eigenvalue weighted by atomic mass is 28.4. The van der Waals surface area contributed by atoms with Crippen molar-refractivity contribution in [1.29, 1.82) is 0 Å². The predicted octanol–water partition coefficient (Wildman–Crippen LogP) is 5.47. The minimum Gasteiger partial charge on any atom is -0.351 e. The largest absolute Gasteiger partial charge is 0.679 e. The minimum absolute atomic E-state index is 0.640. The molecule has 0 spiro atoms. The summed E-state index contributed by atoms with van der Waals surface area (Å²) in [5.74, 6) is 0. The molecule has 140 valence electrons. The first-order valence-electron chi connectivity index (χ1n) is 9.80. The van der Waals surface area contributed by atoms with Crippen molar-refractivity contribution >= 4 is 9.05 Å². The van der Waals surface area contributed by atoms with Crippen LogP contribution in [-0.4, -0.2) is 35.5 Å². The van der Waals surface area contributed by atoms with Gasteiger partial charge in [-0.05, 0) is 25.7 Å². The average molecular weight is 349 g/mol. The molecule has 0 aliphatic carbocycles. The Morgan fingerprint density at radius 3 is 1.09 bits per heavy atom. The van der Waals surface area contributed by atoms with Crippen LogP contribution in [0.1, 0.15) is 91.9 Å². The molecule has 0 bridgehead atoms. The van der Waals surface area contributed by atoms with Gasteiger partial charge in [0, 0.05) is 26.4 Å². The standard InChI is InChI=1S/C18H40O4Si/c1-5-9-12-16-20-23(19-15-8-4,21-17-13-10-6-2)22-18-14-11-7-3/h5-18H2,1-4H3. The van der Waals surface area contributed by atoms with Gasteiger partial charge in [0.2, 0.25) is 0 Å². The number of hydrogen-bond acceptors (Lipinski definition) is 4. The van der Waals surface area contributed by atoms with Gasteiger partial charge in [-0.3, -0.25) is 0 Å². The predicted molar refractivity (Wildman–Crippen MR) is 98.4 cm³/mol. The number of rotatable bonds is 18. The molecule has 0 unspecified atom stereocenters. The van der Waals surface area contributed by atoms with Crippen molar-refractivity contribution in [3.63, 3.8) is 0 Å². The van der Waals surface area contributed by atoms with Crippen LogP contribution in [-0.2, 0) is 17.7 Å². The highest BCUT2D eigenvalue weighted by Crippen LogP contribution is 2.16. The quantitative estimate of drug-likeness (QED) is 0.243. The van der Waals surface area contributed by atoms with Crippen LogP contribution in [0.3, 0.4) is 0 Å². The van der Waals surface area contributed by atoms with E-state index in [1.807, 2.05) is 0 Å². The summed E-state index contributed by atoms with van der Waals surface area (Å²) in [6, 6.07) is 0. The molecule has 0 fully saturated rings.